The molecule has 134 valence electrons. The summed E-state index contributed by atoms with van der Waals surface area (Å²) in [5.41, 5.74) is 2.04. The molecular formula is C19H24N2O4. The summed E-state index contributed by atoms with van der Waals surface area (Å²) < 4.78 is 11.5. The van der Waals surface area contributed by atoms with Gasteiger partial charge in [0.25, 0.3) is 0 Å². The lowest BCUT2D eigenvalue weighted by Crippen LogP contribution is -2.47. The van der Waals surface area contributed by atoms with E-state index in [0.29, 0.717) is 39.3 Å². The minimum Gasteiger partial charge on any atom is -0.347 e. The molecule has 1 aromatic rings. The quantitative estimate of drug-likeness (QED) is 0.822. The molecule has 0 aliphatic carbocycles. The summed E-state index contributed by atoms with van der Waals surface area (Å²) in [6.45, 7) is 4.80. The number of fused-ring (bicyclic) bond motifs is 1. The Morgan fingerprint density at radius 3 is 2.52 bits per heavy atom. The number of amides is 2. The minimum atomic E-state index is -0.456. The molecule has 0 saturated carbocycles. The molecule has 1 atom stereocenters. The number of hydrogen-bond acceptors (Lipinski definition) is 4. The number of ether oxygens (including phenoxy) is 2. The third-order valence-corrected chi connectivity index (χ3v) is 5.56. The number of carbonyl (C=O) groups excluding carboxylic acids is 2. The Hall–Kier alpha value is -1.92. The van der Waals surface area contributed by atoms with E-state index in [1.165, 1.54) is 0 Å². The summed E-state index contributed by atoms with van der Waals surface area (Å²) in [6, 6.07) is 7.90. The molecule has 3 aliphatic heterocycles. The number of carbonyl (C=O) groups is 2. The predicted molar refractivity (Wildman–Crippen MR) is 92.3 cm³/mol. The molecular weight excluding hydrogens is 320 g/mol. The number of hydrogen-bond donors (Lipinski definition) is 0. The van der Waals surface area contributed by atoms with E-state index in [9.17, 15) is 9.59 Å². The van der Waals surface area contributed by atoms with Crippen LogP contribution in [0.3, 0.4) is 0 Å². The van der Waals surface area contributed by atoms with Gasteiger partial charge in [-0.15, -0.1) is 0 Å². The van der Waals surface area contributed by atoms with Gasteiger partial charge in [-0.05, 0) is 11.6 Å². The number of rotatable bonds is 2. The maximum absolute atomic E-state index is 12.8. The van der Waals surface area contributed by atoms with Crippen molar-refractivity contribution in [2.24, 2.45) is 0 Å². The van der Waals surface area contributed by atoms with Gasteiger partial charge in [0.05, 0.1) is 13.2 Å². The van der Waals surface area contributed by atoms with Crippen LogP contribution in [0.1, 0.15) is 37.7 Å². The zero-order valence-corrected chi connectivity index (χ0v) is 14.6. The van der Waals surface area contributed by atoms with E-state index in [4.69, 9.17) is 9.47 Å². The molecule has 2 amide bonds. The number of nitrogens with zero attached hydrogens (tertiary/aromatic N) is 2. The summed E-state index contributed by atoms with van der Waals surface area (Å²) in [5, 5.41) is 0. The molecule has 3 heterocycles. The van der Waals surface area contributed by atoms with Gasteiger partial charge >= 0.3 is 0 Å². The predicted octanol–water partition coefficient (Wildman–Crippen LogP) is 1.89. The van der Waals surface area contributed by atoms with E-state index < -0.39 is 5.79 Å². The molecule has 1 unspecified atom stereocenters. The van der Waals surface area contributed by atoms with Crippen molar-refractivity contribution in [2.75, 3.05) is 37.7 Å². The second-order valence-electron chi connectivity index (χ2n) is 7.08. The van der Waals surface area contributed by atoms with Gasteiger partial charge in [0, 0.05) is 57.4 Å². The van der Waals surface area contributed by atoms with Crippen LogP contribution in [-0.2, 0) is 19.1 Å². The fourth-order valence-corrected chi connectivity index (χ4v) is 4.19. The SMILES string of the molecule is CC(=O)N1CC(CC(=O)N2CCC3(CC2)OCCO3)c2ccccc21. The Kier molecular flexibility index (Phi) is 4.25. The molecule has 25 heavy (non-hydrogen) atoms. The van der Waals surface area contributed by atoms with Crippen molar-refractivity contribution < 1.29 is 19.1 Å². The molecule has 0 N–H and O–H groups in total. The normalized spacial score (nSPS) is 24.6. The van der Waals surface area contributed by atoms with Crippen molar-refractivity contribution in [3.05, 3.63) is 29.8 Å². The third-order valence-electron chi connectivity index (χ3n) is 5.56. The summed E-state index contributed by atoms with van der Waals surface area (Å²) in [6.07, 6.45) is 1.91. The first-order chi connectivity index (χ1) is 12.1. The van der Waals surface area contributed by atoms with Gasteiger partial charge < -0.3 is 19.3 Å². The second-order valence-corrected chi connectivity index (χ2v) is 7.08. The Morgan fingerprint density at radius 2 is 1.84 bits per heavy atom. The first kappa shape index (κ1) is 16.5. The molecule has 0 aromatic heterocycles. The molecule has 2 fully saturated rings. The van der Waals surface area contributed by atoms with E-state index in [2.05, 4.69) is 0 Å². The smallest absolute Gasteiger partial charge is 0.223 e. The molecule has 3 aliphatic rings. The van der Waals surface area contributed by atoms with Crippen molar-refractivity contribution in [3.63, 3.8) is 0 Å². The van der Waals surface area contributed by atoms with E-state index in [-0.39, 0.29) is 17.7 Å². The van der Waals surface area contributed by atoms with Crippen molar-refractivity contribution >= 4 is 17.5 Å². The highest BCUT2D eigenvalue weighted by Gasteiger charge is 2.41. The van der Waals surface area contributed by atoms with Crippen LogP contribution in [0.4, 0.5) is 5.69 Å². The van der Waals surface area contributed by atoms with E-state index in [0.717, 1.165) is 24.1 Å². The van der Waals surface area contributed by atoms with E-state index in [1.54, 1.807) is 11.8 Å². The number of benzene rings is 1. The average Bonchev–Trinajstić information content (AvgIpc) is 3.21. The highest BCUT2D eigenvalue weighted by molar-refractivity contribution is 5.94. The van der Waals surface area contributed by atoms with Crippen molar-refractivity contribution in [3.8, 4) is 0 Å². The molecule has 2 saturated heterocycles. The Morgan fingerprint density at radius 1 is 1.16 bits per heavy atom. The molecule has 0 radical (unpaired) electrons. The summed E-state index contributed by atoms with van der Waals surface area (Å²) in [7, 11) is 0. The molecule has 0 bridgehead atoms. The van der Waals surface area contributed by atoms with Gasteiger partial charge in [-0.1, -0.05) is 18.2 Å². The zero-order chi connectivity index (χ0) is 17.4. The number of para-hydroxylation sites is 1. The monoisotopic (exact) mass is 344 g/mol. The van der Waals surface area contributed by atoms with Gasteiger partial charge in [-0.3, -0.25) is 9.59 Å². The first-order valence-electron chi connectivity index (χ1n) is 9.01. The number of piperidine rings is 1. The van der Waals surface area contributed by atoms with E-state index in [1.807, 2.05) is 29.2 Å². The number of likely N-dealkylation sites (tertiary alicyclic amines) is 1. The lowest BCUT2D eigenvalue weighted by Gasteiger charge is -2.37. The molecule has 6 nitrogen and oxygen atoms in total. The lowest BCUT2D eigenvalue weighted by molar-refractivity contribution is -0.187. The van der Waals surface area contributed by atoms with E-state index >= 15 is 0 Å². The van der Waals surface area contributed by atoms with Crippen molar-refractivity contribution in [2.45, 2.75) is 37.9 Å². The van der Waals surface area contributed by atoms with Gasteiger partial charge in [0.1, 0.15) is 0 Å². The summed E-state index contributed by atoms with van der Waals surface area (Å²) >= 11 is 0. The van der Waals surface area contributed by atoms with Crippen LogP contribution in [0.15, 0.2) is 24.3 Å². The maximum Gasteiger partial charge on any atom is 0.223 e. The standard InChI is InChI=1S/C19H24N2O4/c1-14(22)21-13-15(16-4-2-3-5-17(16)21)12-18(23)20-8-6-19(7-9-20)24-10-11-25-19/h2-5,15H,6-13H2,1H3. The van der Waals surface area contributed by atoms with Crippen LogP contribution in [0.2, 0.25) is 0 Å². The summed E-state index contributed by atoms with van der Waals surface area (Å²) in [4.78, 5) is 28.4. The average molecular weight is 344 g/mol. The molecule has 1 aromatic carbocycles. The van der Waals surface area contributed by atoms with Gasteiger partial charge in [-0.25, -0.2) is 0 Å². The fourth-order valence-electron chi connectivity index (χ4n) is 4.19. The van der Waals surface area contributed by atoms with Crippen LogP contribution < -0.4 is 4.90 Å². The van der Waals surface area contributed by atoms with Gasteiger partial charge in [-0.2, -0.15) is 0 Å². The highest BCUT2D eigenvalue weighted by atomic mass is 16.7. The fraction of sp³-hybridized carbons (Fsp3) is 0.579. The van der Waals surface area contributed by atoms with Gasteiger partial charge in [0.15, 0.2) is 5.79 Å². The van der Waals surface area contributed by atoms with Crippen LogP contribution in [-0.4, -0.2) is 55.3 Å². The first-order valence-corrected chi connectivity index (χ1v) is 9.01. The van der Waals surface area contributed by atoms with Gasteiger partial charge in [0.2, 0.25) is 11.8 Å². The van der Waals surface area contributed by atoms with Crippen LogP contribution in [0, 0.1) is 0 Å². The molecule has 6 heteroatoms. The largest absolute Gasteiger partial charge is 0.347 e. The Labute approximate surface area is 147 Å². The van der Waals surface area contributed by atoms with Crippen molar-refractivity contribution in [1.82, 2.24) is 4.90 Å². The number of anilines is 1. The Bertz CT molecular complexity index is 674. The molecule has 4 rings (SSSR count). The topological polar surface area (TPSA) is 59.1 Å². The van der Waals surface area contributed by atoms with Crippen LogP contribution >= 0.6 is 0 Å². The summed E-state index contributed by atoms with van der Waals surface area (Å²) in [5.74, 6) is -0.208. The third kappa shape index (κ3) is 3.04. The van der Waals surface area contributed by atoms with Crippen LogP contribution in [0.25, 0.3) is 0 Å². The van der Waals surface area contributed by atoms with Crippen LogP contribution in [0.5, 0.6) is 0 Å². The highest BCUT2D eigenvalue weighted by Crippen LogP contribution is 2.39. The maximum atomic E-state index is 12.8. The molecule has 1 spiro atoms. The van der Waals surface area contributed by atoms with Crippen molar-refractivity contribution in [1.29, 1.82) is 0 Å². The Balaban J connectivity index is 1.41. The zero-order valence-electron chi connectivity index (χ0n) is 14.6. The minimum absolute atomic E-state index is 0.0258. The second kappa shape index (κ2) is 6.42. The lowest BCUT2D eigenvalue weighted by atomic mass is 9.96.